The Morgan fingerprint density at radius 3 is 2.50 bits per heavy atom. The van der Waals surface area contributed by atoms with Crippen molar-refractivity contribution >= 4 is 36.6 Å². The summed E-state index contributed by atoms with van der Waals surface area (Å²) in [7, 11) is 0. The predicted molar refractivity (Wildman–Crippen MR) is 106 cm³/mol. The molecule has 3 N–H and O–H groups in total. The highest BCUT2D eigenvalue weighted by Crippen LogP contribution is 2.10. The van der Waals surface area contributed by atoms with Crippen LogP contribution in [0.1, 0.15) is 16.8 Å². The van der Waals surface area contributed by atoms with Gasteiger partial charge in [0.25, 0.3) is 0 Å². The van der Waals surface area contributed by atoms with Crippen LogP contribution in [-0.4, -0.2) is 34.8 Å². The minimum absolute atomic E-state index is 0. The van der Waals surface area contributed by atoms with Gasteiger partial charge in [0.2, 0.25) is 11.8 Å². The van der Waals surface area contributed by atoms with Crippen molar-refractivity contribution in [3.05, 3.63) is 65.5 Å². The molecular weight excluding hydrogens is 375 g/mol. The maximum Gasteiger partial charge on any atom is 0.242 e. The van der Waals surface area contributed by atoms with E-state index in [0.717, 1.165) is 16.8 Å². The highest BCUT2D eigenvalue weighted by Gasteiger charge is 2.16. The highest BCUT2D eigenvalue weighted by atomic mass is 35.5. The normalized spacial score (nSPS) is 9.46. The van der Waals surface area contributed by atoms with Gasteiger partial charge in [0.05, 0.1) is 25.3 Å². The molecular formula is C18H24Cl2N4O2. The fraction of sp³-hybridized carbons (Fsp3) is 0.278. The smallest absolute Gasteiger partial charge is 0.242 e. The molecule has 0 fully saturated rings. The maximum absolute atomic E-state index is 12.5. The molecule has 0 bridgehead atoms. The number of benzene rings is 1. The number of nitrogens with two attached hydrogens (primary N) is 1. The van der Waals surface area contributed by atoms with E-state index in [-0.39, 0.29) is 49.7 Å². The molecule has 2 aromatic rings. The van der Waals surface area contributed by atoms with E-state index in [1.807, 2.05) is 49.4 Å². The minimum Gasteiger partial charge on any atom is -0.346 e. The van der Waals surface area contributed by atoms with Crippen molar-refractivity contribution < 1.29 is 9.59 Å². The number of aryl methyl sites for hydroxylation is 1. The van der Waals surface area contributed by atoms with Crippen molar-refractivity contribution in [1.29, 1.82) is 0 Å². The number of pyridine rings is 1. The minimum atomic E-state index is -0.350. The first-order valence-corrected chi connectivity index (χ1v) is 7.78. The quantitative estimate of drug-likeness (QED) is 0.744. The predicted octanol–water partition coefficient (Wildman–Crippen LogP) is 1.84. The molecule has 1 aromatic heterocycles. The Hall–Kier alpha value is -2.15. The average Bonchev–Trinajstić information content (AvgIpc) is 2.59. The number of rotatable bonds is 7. The van der Waals surface area contributed by atoms with E-state index < -0.39 is 0 Å². The molecule has 0 aliphatic carbocycles. The molecule has 142 valence electrons. The summed E-state index contributed by atoms with van der Waals surface area (Å²) in [5.74, 6) is -0.527. The first-order valence-electron chi connectivity index (χ1n) is 7.78. The number of halogens is 2. The van der Waals surface area contributed by atoms with Crippen LogP contribution in [0.4, 0.5) is 0 Å². The van der Waals surface area contributed by atoms with Crippen LogP contribution < -0.4 is 11.1 Å². The number of aromatic nitrogens is 1. The van der Waals surface area contributed by atoms with Crippen LogP contribution in [0.2, 0.25) is 0 Å². The lowest BCUT2D eigenvalue weighted by atomic mass is 10.1. The van der Waals surface area contributed by atoms with Crippen molar-refractivity contribution in [3.8, 4) is 0 Å². The first-order chi connectivity index (χ1) is 11.6. The molecule has 0 aliphatic heterocycles. The third kappa shape index (κ3) is 7.82. The number of hydrogen-bond acceptors (Lipinski definition) is 4. The average molecular weight is 399 g/mol. The Morgan fingerprint density at radius 2 is 1.88 bits per heavy atom. The number of carbonyl (C=O) groups excluding carboxylic acids is 2. The molecule has 8 heteroatoms. The molecule has 0 aliphatic rings. The molecule has 0 saturated heterocycles. The molecule has 0 atom stereocenters. The lowest BCUT2D eigenvalue weighted by Crippen LogP contribution is -2.41. The standard InChI is InChI=1S/C18H22N4O2.2ClH/c1-14-5-4-6-15(9-14)12-22(13-16-7-2-3-8-20-16)18(24)11-21-17(23)10-19;;/h2-9H,10-13,19H2,1H3,(H,21,23);2*1H. The van der Waals surface area contributed by atoms with Crippen molar-refractivity contribution in [1.82, 2.24) is 15.2 Å². The highest BCUT2D eigenvalue weighted by molar-refractivity contribution is 5.86. The molecule has 0 saturated carbocycles. The molecule has 1 aromatic carbocycles. The van der Waals surface area contributed by atoms with Crippen LogP contribution in [-0.2, 0) is 22.7 Å². The number of nitrogens with zero attached hydrogens (tertiary/aromatic N) is 2. The van der Waals surface area contributed by atoms with Crippen LogP contribution in [0, 0.1) is 6.92 Å². The Bertz CT molecular complexity index is 699. The summed E-state index contributed by atoms with van der Waals surface area (Å²) >= 11 is 0. The monoisotopic (exact) mass is 398 g/mol. The van der Waals surface area contributed by atoms with E-state index in [0.29, 0.717) is 13.1 Å². The SMILES string of the molecule is Cc1cccc(CN(Cc2ccccn2)C(=O)CNC(=O)CN)c1.Cl.Cl. The van der Waals surface area contributed by atoms with Gasteiger partial charge in [-0.1, -0.05) is 35.9 Å². The van der Waals surface area contributed by atoms with E-state index in [4.69, 9.17) is 5.73 Å². The van der Waals surface area contributed by atoms with Crippen molar-refractivity contribution in [2.24, 2.45) is 5.73 Å². The summed E-state index contributed by atoms with van der Waals surface area (Å²) in [6.07, 6.45) is 1.70. The molecule has 2 amide bonds. The summed E-state index contributed by atoms with van der Waals surface area (Å²) in [4.78, 5) is 29.7. The second-order valence-corrected chi connectivity index (χ2v) is 5.54. The molecule has 0 unspecified atom stereocenters. The van der Waals surface area contributed by atoms with Gasteiger partial charge in [0, 0.05) is 12.7 Å². The maximum atomic E-state index is 12.5. The van der Waals surface area contributed by atoms with Crippen molar-refractivity contribution in [2.45, 2.75) is 20.0 Å². The zero-order valence-corrected chi connectivity index (χ0v) is 16.2. The second-order valence-electron chi connectivity index (χ2n) is 5.54. The summed E-state index contributed by atoms with van der Waals surface area (Å²) in [6, 6.07) is 13.6. The summed E-state index contributed by atoms with van der Waals surface area (Å²) in [5, 5.41) is 2.52. The largest absolute Gasteiger partial charge is 0.346 e. The molecule has 0 spiro atoms. The van der Waals surface area contributed by atoms with Crippen LogP contribution in [0.3, 0.4) is 0 Å². The van der Waals surface area contributed by atoms with Gasteiger partial charge in [-0.05, 0) is 24.6 Å². The van der Waals surface area contributed by atoms with E-state index >= 15 is 0 Å². The molecule has 1 heterocycles. The van der Waals surface area contributed by atoms with Crippen LogP contribution in [0.25, 0.3) is 0 Å². The van der Waals surface area contributed by atoms with Gasteiger partial charge in [0.15, 0.2) is 0 Å². The lowest BCUT2D eigenvalue weighted by molar-refractivity contribution is -0.133. The first kappa shape index (κ1) is 23.9. The Balaban J connectivity index is 0.00000312. The fourth-order valence-electron chi connectivity index (χ4n) is 2.31. The number of nitrogens with one attached hydrogen (secondary N) is 1. The van der Waals surface area contributed by atoms with Crippen molar-refractivity contribution in [2.75, 3.05) is 13.1 Å². The van der Waals surface area contributed by atoms with Gasteiger partial charge < -0.3 is 16.0 Å². The van der Waals surface area contributed by atoms with E-state index in [2.05, 4.69) is 10.3 Å². The molecule has 2 rings (SSSR count). The van der Waals surface area contributed by atoms with Gasteiger partial charge in [-0.3, -0.25) is 14.6 Å². The van der Waals surface area contributed by atoms with E-state index in [9.17, 15) is 9.59 Å². The van der Waals surface area contributed by atoms with Crippen LogP contribution in [0.15, 0.2) is 48.7 Å². The van der Waals surface area contributed by atoms with Gasteiger partial charge in [-0.25, -0.2) is 0 Å². The summed E-state index contributed by atoms with van der Waals surface area (Å²) < 4.78 is 0. The molecule has 0 radical (unpaired) electrons. The topological polar surface area (TPSA) is 88.3 Å². The molecule has 26 heavy (non-hydrogen) atoms. The number of amides is 2. The van der Waals surface area contributed by atoms with Gasteiger partial charge in [-0.2, -0.15) is 0 Å². The zero-order chi connectivity index (χ0) is 17.4. The summed E-state index contributed by atoms with van der Waals surface area (Å²) in [6.45, 7) is 2.64. The second kappa shape index (κ2) is 12.2. The zero-order valence-electron chi connectivity index (χ0n) is 14.6. The Morgan fingerprint density at radius 1 is 1.12 bits per heavy atom. The number of hydrogen-bond donors (Lipinski definition) is 2. The van der Waals surface area contributed by atoms with Gasteiger partial charge in [0.1, 0.15) is 0 Å². The summed E-state index contributed by atoms with van der Waals surface area (Å²) in [5.41, 5.74) is 8.21. The molecule has 6 nitrogen and oxygen atoms in total. The third-order valence-electron chi connectivity index (χ3n) is 3.51. The van der Waals surface area contributed by atoms with Gasteiger partial charge >= 0.3 is 0 Å². The Kier molecular flexibility index (Phi) is 11.2. The lowest BCUT2D eigenvalue weighted by Gasteiger charge is -2.23. The van der Waals surface area contributed by atoms with Crippen LogP contribution in [0.5, 0.6) is 0 Å². The third-order valence-corrected chi connectivity index (χ3v) is 3.51. The number of carbonyl (C=O) groups is 2. The van der Waals surface area contributed by atoms with Gasteiger partial charge in [-0.15, -0.1) is 24.8 Å². The van der Waals surface area contributed by atoms with Crippen molar-refractivity contribution in [3.63, 3.8) is 0 Å². The van der Waals surface area contributed by atoms with Crippen LogP contribution >= 0.6 is 24.8 Å². The van der Waals surface area contributed by atoms with E-state index in [1.54, 1.807) is 11.1 Å². The Labute approximate surface area is 166 Å². The fourth-order valence-corrected chi connectivity index (χ4v) is 2.31. The van der Waals surface area contributed by atoms with E-state index in [1.165, 1.54) is 0 Å².